The third kappa shape index (κ3) is 4.38. The van der Waals surface area contributed by atoms with E-state index < -0.39 is 12.1 Å². The number of amides is 1. The summed E-state index contributed by atoms with van der Waals surface area (Å²) in [5.41, 5.74) is 2.85. The number of imidazole rings is 1. The second-order valence-electron chi connectivity index (χ2n) is 7.31. The van der Waals surface area contributed by atoms with Crippen molar-refractivity contribution in [2.75, 3.05) is 7.11 Å². The molecule has 1 N–H and O–H groups in total. The first-order valence-corrected chi connectivity index (χ1v) is 10.1. The Morgan fingerprint density at radius 2 is 1.58 bits per heavy atom. The molecule has 31 heavy (non-hydrogen) atoms. The second kappa shape index (κ2) is 8.92. The fourth-order valence-corrected chi connectivity index (χ4v) is 3.54. The van der Waals surface area contributed by atoms with Crippen molar-refractivity contribution in [3.63, 3.8) is 0 Å². The molecular formula is C25H25N3O3. The van der Waals surface area contributed by atoms with E-state index in [1.165, 1.54) is 0 Å². The molecule has 4 aromatic rings. The van der Waals surface area contributed by atoms with Gasteiger partial charge < -0.3 is 19.4 Å². The van der Waals surface area contributed by atoms with Crippen LogP contribution in [0, 0.1) is 0 Å². The van der Waals surface area contributed by atoms with E-state index in [2.05, 4.69) is 5.32 Å². The Labute approximate surface area is 181 Å². The average molecular weight is 415 g/mol. The van der Waals surface area contributed by atoms with Crippen LogP contribution in [0.2, 0.25) is 0 Å². The molecular weight excluding hydrogens is 390 g/mol. The van der Waals surface area contributed by atoms with Crippen LogP contribution in [0.5, 0.6) is 11.5 Å². The number of carbonyl (C=O) groups excluding carboxylic acids is 1. The summed E-state index contributed by atoms with van der Waals surface area (Å²) in [6, 6.07) is 24.5. The number of methoxy groups -OCH3 is 1. The highest BCUT2D eigenvalue weighted by atomic mass is 16.5. The molecule has 3 aromatic carbocycles. The highest BCUT2D eigenvalue weighted by molar-refractivity contribution is 5.82. The van der Waals surface area contributed by atoms with E-state index in [0.717, 1.165) is 28.2 Å². The number of hydrogen-bond donors (Lipinski definition) is 1. The van der Waals surface area contributed by atoms with Gasteiger partial charge in [-0.15, -0.1) is 0 Å². The van der Waals surface area contributed by atoms with Crippen LogP contribution in [0.15, 0.2) is 78.9 Å². The number of fused-ring (bicyclic) bond motifs is 1. The summed E-state index contributed by atoms with van der Waals surface area (Å²) in [5.74, 6) is 1.87. The molecule has 1 aromatic heterocycles. The fourth-order valence-electron chi connectivity index (χ4n) is 3.54. The first kappa shape index (κ1) is 20.5. The molecule has 0 saturated heterocycles. The lowest BCUT2D eigenvalue weighted by Crippen LogP contribution is -2.39. The molecule has 1 amide bonds. The maximum atomic E-state index is 13.1. The van der Waals surface area contributed by atoms with Crippen LogP contribution >= 0.6 is 0 Å². The van der Waals surface area contributed by atoms with Crippen molar-refractivity contribution < 1.29 is 14.3 Å². The molecule has 0 spiro atoms. The molecule has 6 heteroatoms. The Kier molecular flexibility index (Phi) is 5.89. The van der Waals surface area contributed by atoms with Gasteiger partial charge in [-0.1, -0.05) is 42.5 Å². The number of hydrogen-bond acceptors (Lipinski definition) is 4. The van der Waals surface area contributed by atoms with Gasteiger partial charge in [0.15, 0.2) is 6.10 Å². The summed E-state index contributed by atoms with van der Waals surface area (Å²) in [4.78, 5) is 17.9. The van der Waals surface area contributed by atoms with Crippen molar-refractivity contribution >= 4 is 16.9 Å². The number of ether oxygens (including phenoxy) is 2. The van der Waals surface area contributed by atoms with E-state index in [0.29, 0.717) is 5.75 Å². The zero-order chi connectivity index (χ0) is 21.8. The zero-order valence-electron chi connectivity index (χ0n) is 17.8. The Hall–Kier alpha value is -3.80. The zero-order valence-corrected chi connectivity index (χ0v) is 17.8. The molecule has 2 atom stereocenters. The second-order valence-corrected chi connectivity index (χ2v) is 7.31. The molecule has 0 saturated carbocycles. The van der Waals surface area contributed by atoms with Crippen molar-refractivity contribution in [1.29, 1.82) is 0 Å². The Morgan fingerprint density at radius 1 is 0.935 bits per heavy atom. The molecule has 0 radical (unpaired) electrons. The lowest BCUT2D eigenvalue weighted by Gasteiger charge is -2.22. The number of carbonyl (C=O) groups is 1. The van der Waals surface area contributed by atoms with Gasteiger partial charge in [0.25, 0.3) is 5.91 Å². The molecule has 158 valence electrons. The molecule has 0 aliphatic carbocycles. The SMILES string of the molecule is COc1ccc(OC(C)C(=O)NC(c2ccccc2)c2nc3ccccc3n2C)cc1. The quantitative estimate of drug-likeness (QED) is 0.490. The molecule has 0 aliphatic heterocycles. The van der Waals surface area contributed by atoms with Crippen LogP contribution in [-0.4, -0.2) is 28.7 Å². The minimum Gasteiger partial charge on any atom is -0.497 e. The topological polar surface area (TPSA) is 65.4 Å². The van der Waals surface area contributed by atoms with Crippen molar-refractivity contribution in [1.82, 2.24) is 14.9 Å². The van der Waals surface area contributed by atoms with Crippen LogP contribution in [0.25, 0.3) is 11.0 Å². The largest absolute Gasteiger partial charge is 0.497 e. The minimum absolute atomic E-state index is 0.225. The number of benzene rings is 3. The van der Waals surface area contributed by atoms with Gasteiger partial charge in [-0.2, -0.15) is 0 Å². The monoisotopic (exact) mass is 415 g/mol. The lowest BCUT2D eigenvalue weighted by atomic mass is 10.1. The van der Waals surface area contributed by atoms with Crippen LogP contribution in [0.4, 0.5) is 0 Å². The maximum absolute atomic E-state index is 13.1. The highest BCUT2D eigenvalue weighted by Crippen LogP contribution is 2.25. The van der Waals surface area contributed by atoms with E-state index in [4.69, 9.17) is 14.5 Å². The maximum Gasteiger partial charge on any atom is 0.261 e. The highest BCUT2D eigenvalue weighted by Gasteiger charge is 2.25. The number of aromatic nitrogens is 2. The molecule has 4 rings (SSSR count). The summed E-state index contributed by atoms with van der Waals surface area (Å²) >= 11 is 0. The van der Waals surface area contributed by atoms with Gasteiger partial charge >= 0.3 is 0 Å². The van der Waals surface area contributed by atoms with Crippen molar-refractivity contribution in [2.45, 2.75) is 19.1 Å². The number of aryl methyl sites for hydroxylation is 1. The summed E-state index contributed by atoms with van der Waals surface area (Å²) < 4.78 is 13.0. The van der Waals surface area contributed by atoms with E-state index in [9.17, 15) is 4.79 Å². The third-order valence-corrected chi connectivity index (χ3v) is 5.24. The van der Waals surface area contributed by atoms with Crippen molar-refractivity contribution in [3.05, 3.63) is 90.3 Å². The first-order valence-electron chi connectivity index (χ1n) is 10.1. The summed E-state index contributed by atoms with van der Waals surface area (Å²) in [6.07, 6.45) is -0.686. The summed E-state index contributed by atoms with van der Waals surface area (Å²) in [5, 5.41) is 3.12. The van der Waals surface area contributed by atoms with Crippen LogP contribution < -0.4 is 14.8 Å². The van der Waals surface area contributed by atoms with Gasteiger partial charge in [0.05, 0.1) is 18.1 Å². The standard InChI is InChI=1S/C25H25N3O3/c1-17(31-20-15-13-19(30-3)14-16-20)25(29)27-23(18-9-5-4-6-10-18)24-26-21-11-7-8-12-22(21)28(24)2/h4-17,23H,1-3H3,(H,27,29). The normalized spacial score (nSPS) is 12.9. The van der Waals surface area contributed by atoms with Gasteiger partial charge in [0, 0.05) is 7.05 Å². The van der Waals surface area contributed by atoms with Gasteiger partial charge in [-0.3, -0.25) is 4.79 Å². The molecule has 0 aliphatic rings. The molecule has 0 fully saturated rings. The minimum atomic E-state index is -0.686. The van der Waals surface area contributed by atoms with E-state index in [1.807, 2.05) is 66.2 Å². The van der Waals surface area contributed by atoms with Gasteiger partial charge in [0.1, 0.15) is 23.4 Å². The molecule has 6 nitrogen and oxygen atoms in total. The number of rotatable bonds is 7. The number of para-hydroxylation sites is 2. The van der Waals surface area contributed by atoms with Gasteiger partial charge in [-0.05, 0) is 48.9 Å². The van der Waals surface area contributed by atoms with Gasteiger partial charge in [0.2, 0.25) is 0 Å². The van der Waals surface area contributed by atoms with E-state index in [1.54, 1.807) is 38.3 Å². The smallest absolute Gasteiger partial charge is 0.261 e. The Bertz CT molecular complexity index is 1170. The number of nitrogens with zero attached hydrogens (tertiary/aromatic N) is 2. The van der Waals surface area contributed by atoms with E-state index in [-0.39, 0.29) is 5.91 Å². The Morgan fingerprint density at radius 3 is 2.26 bits per heavy atom. The summed E-state index contributed by atoms with van der Waals surface area (Å²) in [7, 11) is 3.57. The van der Waals surface area contributed by atoms with Gasteiger partial charge in [-0.25, -0.2) is 4.98 Å². The average Bonchev–Trinajstić information content (AvgIpc) is 3.14. The third-order valence-electron chi connectivity index (χ3n) is 5.24. The Balaban J connectivity index is 1.60. The number of nitrogens with one attached hydrogen (secondary N) is 1. The molecule has 1 heterocycles. The lowest BCUT2D eigenvalue weighted by molar-refractivity contribution is -0.127. The van der Waals surface area contributed by atoms with Crippen LogP contribution in [-0.2, 0) is 11.8 Å². The van der Waals surface area contributed by atoms with Crippen LogP contribution in [0.3, 0.4) is 0 Å². The van der Waals surface area contributed by atoms with Crippen molar-refractivity contribution in [3.8, 4) is 11.5 Å². The first-order chi connectivity index (χ1) is 15.1. The summed E-state index contributed by atoms with van der Waals surface area (Å²) in [6.45, 7) is 1.73. The molecule has 0 bridgehead atoms. The fraction of sp³-hybridized carbons (Fsp3) is 0.200. The molecule has 2 unspecified atom stereocenters. The van der Waals surface area contributed by atoms with Crippen molar-refractivity contribution in [2.24, 2.45) is 7.05 Å². The predicted octanol–water partition coefficient (Wildman–Crippen LogP) is 4.26. The van der Waals surface area contributed by atoms with Crippen LogP contribution in [0.1, 0.15) is 24.4 Å². The van der Waals surface area contributed by atoms with E-state index >= 15 is 0 Å². The predicted molar refractivity (Wildman–Crippen MR) is 120 cm³/mol.